The van der Waals surface area contributed by atoms with E-state index in [1.54, 1.807) is 0 Å². The molecule has 6 nitrogen and oxygen atoms in total. The lowest BCUT2D eigenvalue weighted by Gasteiger charge is -2.35. The molecule has 178 valence electrons. The molecule has 0 spiro atoms. The van der Waals surface area contributed by atoms with Crippen LogP contribution in [0, 0.1) is 17.7 Å². The summed E-state index contributed by atoms with van der Waals surface area (Å²) in [5.41, 5.74) is 1.08. The van der Waals surface area contributed by atoms with Gasteiger partial charge in [-0.3, -0.25) is 9.89 Å². The Balaban J connectivity index is 0.00000480. The summed E-state index contributed by atoms with van der Waals surface area (Å²) in [6.07, 6.45) is 1.82. The standard InChI is InChI=1S/C23H39FN4O2.HI/c1-4-25-23(26-16-19(9-12-29)15-18(2)3)27-17-22(28-10-13-30-14-11-28)20-5-7-21(24)8-6-20;/h5-8,18-19,22,29H,4,9-17H2,1-3H3,(H2,25,26,27);1H. The van der Waals surface area contributed by atoms with Crippen molar-refractivity contribution in [2.24, 2.45) is 16.8 Å². The minimum Gasteiger partial charge on any atom is -0.396 e. The number of hydrogen-bond donors (Lipinski definition) is 3. The summed E-state index contributed by atoms with van der Waals surface area (Å²) < 4.78 is 18.9. The molecule has 0 bridgehead atoms. The molecule has 2 atom stereocenters. The highest BCUT2D eigenvalue weighted by Gasteiger charge is 2.23. The average Bonchev–Trinajstić information content (AvgIpc) is 2.73. The van der Waals surface area contributed by atoms with E-state index in [1.807, 2.05) is 12.1 Å². The molecule has 2 rings (SSSR count). The van der Waals surface area contributed by atoms with Gasteiger partial charge in [-0.1, -0.05) is 26.0 Å². The van der Waals surface area contributed by atoms with E-state index >= 15 is 0 Å². The van der Waals surface area contributed by atoms with Crippen molar-refractivity contribution in [2.75, 3.05) is 52.5 Å². The van der Waals surface area contributed by atoms with Gasteiger partial charge in [0.1, 0.15) is 5.82 Å². The zero-order valence-electron chi connectivity index (χ0n) is 19.1. The van der Waals surface area contributed by atoms with Crippen LogP contribution in [0.2, 0.25) is 0 Å². The van der Waals surface area contributed by atoms with Crippen molar-refractivity contribution in [1.29, 1.82) is 0 Å². The van der Waals surface area contributed by atoms with Gasteiger partial charge in [0.2, 0.25) is 0 Å². The summed E-state index contributed by atoms with van der Waals surface area (Å²) in [6.45, 7) is 11.9. The van der Waals surface area contributed by atoms with Gasteiger partial charge in [0.05, 0.1) is 19.3 Å². The van der Waals surface area contributed by atoms with Crippen LogP contribution in [-0.4, -0.2) is 68.5 Å². The van der Waals surface area contributed by atoms with Crippen LogP contribution in [0.4, 0.5) is 4.39 Å². The molecule has 8 heteroatoms. The van der Waals surface area contributed by atoms with Gasteiger partial charge >= 0.3 is 0 Å². The summed E-state index contributed by atoms with van der Waals surface area (Å²) in [7, 11) is 0. The van der Waals surface area contributed by atoms with E-state index in [1.165, 1.54) is 12.1 Å². The number of benzene rings is 1. The van der Waals surface area contributed by atoms with Crippen molar-refractivity contribution in [1.82, 2.24) is 15.5 Å². The minimum absolute atomic E-state index is 0. The molecule has 1 heterocycles. The molecule has 2 unspecified atom stereocenters. The highest BCUT2D eigenvalue weighted by Crippen LogP contribution is 2.22. The predicted octanol–water partition coefficient (Wildman–Crippen LogP) is 3.42. The summed E-state index contributed by atoms with van der Waals surface area (Å²) in [6, 6.07) is 6.88. The zero-order chi connectivity index (χ0) is 21.8. The Bertz CT molecular complexity index is 625. The first-order valence-corrected chi connectivity index (χ1v) is 11.2. The number of halogens is 2. The largest absolute Gasteiger partial charge is 0.396 e. The van der Waals surface area contributed by atoms with Crippen LogP contribution in [-0.2, 0) is 4.74 Å². The number of aliphatic hydroxyl groups is 1. The van der Waals surface area contributed by atoms with Gasteiger partial charge < -0.3 is 20.5 Å². The Labute approximate surface area is 204 Å². The fourth-order valence-corrected chi connectivity index (χ4v) is 3.92. The number of rotatable bonds is 11. The molecule has 1 aromatic carbocycles. The molecular formula is C23H40FIN4O2. The maximum atomic E-state index is 13.4. The van der Waals surface area contributed by atoms with Crippen LogP contribution < -0.4 is 10.6 Å². The third-order valence-corrected chi connectivity index (χ3v) is 5.40. The molecule has 0 saturated carbocycles. The Morgan fingerprint density at radius 1 is 1.19 bits per heavy atom. The number of nitrogens with one attached hydrogen (secondary N) is 2. The number of guanidine groups is 1. The van der Waals surface area contributed by atoms with E-state index in [4.69, 9.17) is 9.73 Å². The van der Waals surface area contributed by atoms with E-state index in [2.05, 4.69) is 36.3 Å². The second-order valence-corrected chi connectivity index (χ2v) is 8.32. The van der Waals surface area contributed by atoms with Gasteiger partial charge in [0.25, 0.3) is 0 Å². The monoisotopic (exact) mass is 550 g/mol. The van der Waals surface area contributed by atoms with Crippen molar-refractivity contribution >= 4 is 29.9 Å². The summed E-state index contributed by atoms with van der Waals surface area (Å²) in [4.78, 5) is 7.17. The van der Waals surface area contributed by atoms with Crippen LogP contribution in [0.1, 0.15) is 45.2 Å². The van der Waals surface area contributed by atoms with Gasteiger partial charge in [0, 0.05) is 39.3 Å². The van der Waals surface area contributed by atoms with Gasteiger partial charge in [-0.15, -0.1) is 24.0 Å². The smallest absolute Gasteiger partial charge is 0.191 e. The number of aliphatic hydroxyl groups excluding tert-OH is 1. The van der Waals surface area contributed by atoms with Gasteiger partial charge in [-0.25, -0.2) is 4.39 Å². The Morgan fingerprint density at radius 2 is 1.87 bits per heavy atom. The fraction of sp³-hybridized carbons (Fsp3) is 0.696. The molecule has 31 heavy (non-hydrogen) atoms. The van der Waals surface area contributed by atoms with E-state index in [0.717, 1.165) is 44.0 Å². The Kier molecular flexibility index (Phi) is 14.3. The van der Waals surface area contributed by atoms with E-state index in [0.29, 0.717) is 38.1 Å². The maximum absolute atomic E-state index is 13.4. The van der Waals surface area contributed by atoms with Crippen LogP contribution in [0.5, 0.6) is 0 Å². The van der Waals surface area contributed by atoms with Crippen LogP contribution in [0.3, 0.4) is 0 Å². The van der Waals surface area contributed by atoms with Crippen LogP contribution >= 0.6 is 24.0 Å². The third kappa shape index (κ3) is 10.5. The molecule has 0 amide bonds. The van der Waals surface area contributed by atoms with E-state index in [9.17, 15) is 9.50 Å². The first-order valence-electron chi connectivity index (χ1n) is 11.2. The number of ether oxygens (including phenoxy) is 1. The van der Waals surface area contributed by atoms with Crippen molar-refractivity contribution in [3.05, 3.63) is 35.6 Å². The predicted molar refractivity (Wildman–Crippen MR) is 136 cm³/mol. The lowest BCUT2D eigenvalue weighted by Crippen LogP contribution is -2.46. The molecular weight excluding hydrogens is 510 g/mol. The van der Waals surface area contributed by atoms with Gasteiger partial charge in [0.15, 0.2) is 5.96 Å². The molecule has 1 saturated heterocycles. The average molecular weight is 551 g/mol. The first kappa shape index (κ1) is 28.1. The van der Waals surface area contributed by atoms with E-state index in [-0.39, 0.29) is 42.4 Å². The highest BCUT2D eigenvalue weighted by atomic mass is 127. The minimum atomic E-state index is -0.220. The number of morpholine rings is 1. The second kappa shape index (κ2) is 15.8. The second-order valence-electron chi connectivity index (χ2n) is 8.32. The number of hydrogen-bond acceptors (Lipinski definition) is 4. The van der Waals surface area contributed by atoms with Crippen molar-refractivity contribution in [3.63, 3.8) is 0 Å². The summed E-state index contributed by atoms with van der Waals surface area (Å²) >= 11 is 0. The van der Waals surface area contributed by atoms with Crippen LogP contribution in [0.25, 0.3) is 0 Å². The lowest BCUT2D eigenvalue weighted by atomic mass is 9.94. The molecule has 1 aromatic rings. The first-order chi connectivity index (χ1) is 14.5. The number of aliphatic imine (C=N–C) groups is 1. The molecule has 3 N–H and O–H groups in total. The van der Waals surface area contributed by atoms with Crippen molar-refractivity contribution < 1.29 is 14.2 Å². The molecule has 1 fully saturated rings. The fourth-order valence-electron chi connectivity index (χ4n) is 3.92. The molecule has 1 aliphatic rings. The summed E-state index contributed by atoms with van der Waals surface area (Å²) in [5, 5.41) is 16.2. The van der Waals surface area contributed by atoms with Crippen LogP contribution in [0.15, 0.2) is 29.3 Å². The van der Waals surface area contributed by atoms with E-state index < -0.39 is 0 Å². The molecule has 1 aliphatic heterocycles. The van der Waals surface area contributed by atoms with Crippen molar-refractivity contribution in [2.45, 2.75) is 39.7 Å². The molecule has 0 aliphatic carbocycles. The number of nitrogens with zero attached hydrogens (tertiary/aromatic N) is 2. The van der Waals surface area contributed by atoms with Gasteiger partial charge in [-0.05, 0) is 49.3 Å². The lowest BCUT2D eigenvalue weighted by molar-refractivity contribution is 0.0170. The highest BCUT2D eigenvalue weighted by molar-refractivity contribution is 14.0. The van der Waals surface area contributed by atoms with Gasteiger partial charge in [-0.2, -0.15) is 0 Å². The topological polar surface area (TPSA) is 69.1 Å². The SMILES string of the molecule is CCNC(=NCC(CCO)CC(C)C)NCC(c1ccc(F)cc1)N1CCOCC1.I. The Morgan fingerprint density at radius 3 is 2.45 bits per heavy atom. The summed E-state index contributed by atoms with van der Waals surface area (Å²) in [5.74, 6) is 1.51. The third-order valence-electron chi connectivity index (χ3n) is 5.40. The quantitative estimate of drug-likeness (QED) is 0.224. The normalized spacial score (nSPS) is 17.2. The van der Waals surface area contributed by atoms with Crippen molar-refractivity contribution in [3.8, 4) is 0 Å². The molecule has 0 aromatic heterocycles. The maximum Gasteiger partial charge on any atom is 0.191 e. The molecule has 0 radical (unpaired) electrons. The Hall–Kier alpha value is -0.970. The zero-order valence-corrected chi connectivity index (χ0v) is 21.5.